The number of aromatic nitrogens is 2. The van der Waals surface area contributed by atoms with E-state index in [0.717, 1.165) is 19.4 Å². The van der Waals surface area contributed by atoms with Crippen molar-refractivity contribution in [2.75, 3.05) is 11.9 Å². The van der Waals surface area contributed by atoms with Gasteiger partial charge in [0.25, 0.3) is 5.56 Å². The van der Waals surface area contributed by atoms with Gasteiger partial charge < -0.3 is 9.88 Å². The summed E-state index contributed by atoms with van der Waals surface area (Å²) >= 11 is 6.17. The van der Waals surface area contributed by atoms with Gasteiger partial charge in [0.15, 0.2) is 5.82 Å². The maximum Gasteiger partial charge on any atom is 0.293 e. The molecule has 1 heterocycles. The quantitative estimate of drug-likeness (QED) is 0.818. The highest BCUT2D eigenvalue weighted by Gasteiger charge is 2.25. The number of nitrogens with zero attached hydrogens (tertiary/aromatic N) is 2. The molecule has 0 saturated heterocycles. The maximum absolute atomic E-state index is 11.7. The molecule has 0 spiro atoms. The molecule has 88 valence electrons. The van der Waals surface area contributed by atoms with E-state index in [1.165, 1.54) is 11.0 Å². The summed E-state index contributed by atoms with van der Waals surface area (Å²) in [6.45, 7) is 0.737. The van der Waals surface area contributed by atoms with Gasteiger partial charge in [-0.1, -0.05) is 6.42 Å². The van der Waals surface area contributed by atoms with Gasteiger partial charge >= 0.3 is 0 Å². The van der Waals surface area contributed by atoms with E-state index in [1.54, 1.807) is 19.4 Å². The van der Waals surface area contributed by atoms with Gasteiger partial charge in [-0.05, 0) is 18.8 Å². The van der Waals surface area contributed by atoms with Crippen molar-refractivity contribution in [1.29, 1.82) is 0 Å². The Balaban J connectivity index is 1.99. The van der Waals surface area contributed by atoms with Crippen LogP contribution in [0.1, 0.15) is 19.3 Å². The molecule has 16 heavy (non-hydrogen) atoms. The minimum Gasteiger partial charge on any atom is -0.365 e. The molecule has 5 heteroatoms. The molecule has 0 aromatic carbocycles. The topological polar surface area (TPSA) is 46.9 Å². The Bertz CT molecular complexity index is 418. The van der Waals surface area contributed by atoms with E-state index in [1.807, 2.05) is 0 Å². The molecule has 1 aliphatic carbocycles. The van der Waals surface area contributed by atoms with Gasteiger partial charge in [0, 0.05) is 31.4 Å². The molecule has 2 rings (SSSR count). The highest BCUT2D eigenvalue weighted by atomic mass is 35.5. The van der Waals surface area contributed by atoms with Gasteiger partial charge in [-0.3, -0.25) is 4.79 Å². The fourth-order valence-corrected chi connectivity index (χ4v) is 2.44. The zero-order chi connectivity index (χ0) is 11.5. The van der Waals surface area contributed by atoms with E-state index in [0.29, 0.717) is 11.7 Å². The normalized spacial score (nSPS) is 24.6. The monoisotopic (exact) mass is 241 g/mol. The van der Waals surface area contributed by atoms with E-state index < -0.39 is 0 Å². The third-order valence-corrected chi connectivity index (χ3v) is 3.69. The summed E-state index contributed by atoms with van der Waals surface area (Å²) < 4.78 is 1.52. The first-order valence-corrected chi connectivity index (χ1v) is 6.01. The summed E-state index contributed by atoms with van der Waals surface area (Å²) in [4.78, 5) is 15.7. The van der Waals surface area contributed by atoms with Gasteiger partial charge in [0.2, 0.25) is 0 Å². The van der Waals surface area contributed by atoms with Crippen molar-refractivity contribution < 1.29 is 0 Å². The number of rotatable bonds is 3. The lowest BCUT2D eigenvalue weighted by Gasteiger charge is -2.14. The number of hydrogen-bond acceptors (Lipinski definition) is 3. The first kappa shape index (κ1) is 11.5. The van der Waals surface area contributed by atoms with E-state index in [-0.39, 0.29) is 10.9 Å². The van der Waals surface area contributed by atoms with Crippen LogP contribution >= 0.6 is 11.6 Å². The van der Waals surface area contributed by atoms with E-state index >= 15 is 0 Å². The minimum atomic E-state index is -0.0911. The van der Waals surface area contributed by atoms with Crippen molar-refractivity contribution in [2.45, 2.75) is 24.6 Å². The summed E-state index contributed by atoms with van der Waals surface area (Å²) in [5, 5.41) is 3.33. The molecule has 1 saturated carbocycles. The minimum absolute atomic E-state index is 0.0911. The third kappa shape index (κ3) is 2.38. The Labute approximate surface area is 99.6 Å². The molecule has 0 aliphatic heterocycles. The molecule has 1 aliphatic rings. The van der Waals surface area contributed by atoms with Crippen LogP contribution in [0.4, 0.5) is 5.82 Å². The summed E-state index contributed by atoms with van der Waals surface area (Å²) in [6, 6.07) is 0. The Morgan fingerprint density at radius 2 is 2.44 bits per heavy atom. The fraction of sp³-hybridized carbons (Fsp3) is 0.636. The van der Waals surface area contributed by atoms with Crippen LogP contribution in [0.2, 0.25) is 0 Å². The van der Waals surface area contributed by atoms with Crippen LogP contribution in [0, 0.1) is 5.92 Å². The smallest absolute Gasteiger partial charge is 0.293 e. The van der Waals surface area contributed by atoms with Crippen LogP contribution in [0.5, 0.6) is 0 Å². The molecule has 1 aromatic heterocycles. The Kier molecular flexibility index (Phi) is 3.49. The fourth-order valence-electron chi connectivity index (χ4n) is 2.07. The molecule has 2 atom stereocenters. The van der Waals surface area contributed by atoms with Crippen LogP contribution in [0.25, 0.3) is 0 Å². The molecule has 1 N–H and O–H groups in total. The second-order valence-corrected chi connectivity index (χ2v) is 4.84. The first-order valence-electron chi connectivity index (χ1n) is 5.58. The van der Waals surface area contributed by atoms with Gasteiger partial charge in [-0.2, -0.15) is 0 Å². The van der Waals surface area contributed by atoms with Crippen LogP contribution in [-0.2, 0) is 7.05 Å². The van der Waals surface area contributed by atoms with Crippen molar-refractivity contribution in [1.82, 2.24) is 9.55 Å². The van der Waals surface area contributed by atoms with Gasteiger partial charge in [-0.15, -0.1) is 11.6 Å². The molecule has 1 fully saturated rings. The van der Waals surface area contributed by atoms with E-state index in [2.05, 4.69) is 10.3 Å². The van der Waals surface area contributed by atoms with Crippen LogP contribution in [0.3, 0.4) is 0 Å². The number of halogens is 1. The lowest BCUT2D eigenvalue weighted by Crippen LogP contribution is -2.26. The summed E-state index contributed by atoms with van der Waals surface area (Å²) in [7, 11) is 1.72. The lowest BCUT2D eigenvalue weighted by molar-refractivity contribution is 0.584. The van der Waals surface area contributed by atoms with Crippen LogP contribution in [0.15, 0.2) is 17.2 Å². The average Bonchev–Trinajstić information content (AvgIpc) is 2.67. The molecule has 0 radical (unpaired) electrons. The first-order chi connectivity index (χ1) is 7.68. The second kappa shape index (κ2) is 4.87. The highest BCUT2D eigenvalue weighted by molar-refractivity contribution is 6.20. The summed E-state index contributed by atoms with van der Waals surface area (Å²) in [5.74, 6) is 0.870. The van der Waals surface area contributed by atoms with Crippen molar-refractivity contribution in [2.24, 2.45) is 13.0 Å². The zero-order valence-electron chi connectivity index (χ0n) is 9.32. The predicted octanol–water partition coefficient (Wildman–Crippen LogP) is 1.60. The summed E-state index contributed by atoms with van der Waals surface area (Å²) in [5.41, 5.74) is -0.0911. The number of anilines is 1. The molecular weight excluding hydrogens is 226 g/mol. The largest absolute Gasteiger partial charge is 0.365 e. The second-order valence-electron chi connectivity index (χ2n) is 4.28. The molecule has 2 unspecified atom stereocenters. The van der Waals surface area contributed by atoms with Gasteiger partial charge in [-0.25, -0.2) is 4.98 Å². The molecule has 4 nitrogen and oxygen atoms in total. The number of hydrogen-bond donors (Lipinski definition) is 1. The Morgan fingerprint density at radius 3 is 3.12 bits per heavy atom. The van der Waals surface area contributed by atoms with E-state index in [4.69, 9.17) is 11.6 Å². The SMILES string of the molecule is Cn1ccnc(NCC2CCCC2Cl)c1=O. The van der Waals surface area contributed by atoms with Crippen molar-refractivity contribution >= 4 is 17.4 Å². The molecule has 1 aromatic rings. The number of aryl methyl sites for hydroxylation is 1. The third-order valence-electron chi connectivity index (χ3n) is 3.11. The molecular formula is C11H16ClN3O. The summed E-state index contributed by atoms with van der Waals surface area (Å²) in [6.07, 6.45) is 6.66. The maximum atomic E-state index is 11.7. The van der Waals surface area contributed by atoms with Crippen molar-refractivity contribution in [3.63, 3.8) is 0 Å². The Morgan fingerprint density at radius 1 is 1.62 bits per heavy atom. The molecule has 0 amide bonds. The Hall–Kier alpha value is -1.03. The van der Waals surface area contributed by atoms with Crippen molar-refractivity contribution in [3.05, 3.63) is 22.7 Å². The highest BCUT2D eigenvalue weighted by Crippen LogP contribution is 2.29. The van der Waals surface area contributed by atoms with Crippen molar-refractivity contribution in [3.8, 4) is 0 Å². The standard InChI is InChI=1S/C11H16ClN3O/c1-15-6-5-13-10(11(15)16)14-7-8-3-2-4-9(8)12/h5-6,8-9H,2-4,7H2,1H3,(H,13,14). The van der Waals surface area contributed by atoms with Gasteiger partial charge in [0.1, 0.15) is 0 Å². The lowest BCUT2D eigenvalue weighted by atomic mass is 10.1. The zero-order valence-corrected chi connectivity index (χ0v) is 10.1. The molecule has 0 bridgehead atoms. The van der Waals surface area contributed by atoms with Crippen LogP contribution in [-0.4, -0.2) is 21.5 Å². The number of nitrogens with one attached hydrogen (secondary N) is 1. The average molecular weight is 242 g/mol. The van der Waals surface area contributed by atoms with Gasteiger partial charge in [0.05, 0.1) is 0 Å². The van der Waals surface area contributed by atoms with Crippen LogP contribution < -0.4 is 10.9 Å². The number of alkyl halides is 1. The predicted molar refractivity (Wildman–Crippen MR) is 64.9 cm³/mol. The van der Waals surface area contributed by atoms with E-state index in [9.17, 15) is 4.79 Å².